The van der Waals surface area contributed by atoms with Gasteiger partial charge in [0.2, 0.25) is 0 Å². The molecule has 0 bridgehead atoms. The Kier molecular flexibility index (Phi) is 10.4. The lowest BCUT2D eigenvalue weighted by atomic mass is 9.98. The van der Waals surface area contributed by atoms with Crippen LogP contribution in [-0.4, -0.2) is 36.5 Å². The van der Waals surface area contributed by atoms with Gasteiger partial charge in [-0.25, -0.2) is 0 Å². The van der Waals surface area contributed by atoms with Crippen LogP contribution in [0.3, 0.4) is 0 Å². The van der Waals surface area contributed by atoms with Crippen LogP contribution in [0.15, 0.2) is 0 Å². The van der Waals surface area contributed by atoms with Crippen LogP contribution in [0, 0.1) is 0 Å². The van der Waals surface area contributed by atoms with Gasteiger partial charge in [0, 0.05) is 12.0 Å². The van der Waals surface area contributed by atoms with E-state index in [4.69, 9.17) is 13.7 Å². The van der Waals surface area contributed by atoms with Gasteiger partial charge in [-0.05, 0) is 38.5 Å². The highest BCUT2D eigenvalue weighted by molar-refractivity contribution is 7.96. The van der Waals surface area contributed by atoms with Gasteiger partial charge in [-0.2, -0.15) is 0 Å². The van der Waals surface area contributed by atoms with Crippen molar-refractivity contribution >= 4 is 24.0 Å². The minimum Gasteiger partial charge on any atom is -0.462 e. The van der Waals surface area contributed by atoms with Crippen LogP contribution in [0.25, 0.3) is 0 Å². The molecule has 1 fully saturated rings. The van der Waals surface area contributed by atoms with E-state index in [1.54, 1.807) is 0 Å². The quantitative estimate of drug-likeness (QED) is 0.439. The third kappa shape index (κ3) is 8.06. The molecule has 0 aromatic carbocycles. The van der Waals surface area contributed by atoms with Crippen LogP contribution in [0.5, 0.6) is 0 Å². The smallest absolute Gasteiger partial charge is 0.322 e. The van der Waals surface area contributed by atoms with E-state index in [1.165, 1.54) is 13.5 Å². The van der Waals surface area contributed by atoms with E-state index in [0.29, 0.717) is 0 Å². The van der Waals surface area contributed by atoms with Crippen molar-refractivity contribution in [3.05, 3.63) is 0 Å². The molecule has 0 N–H and O–H groups in total. The largest absolute Gasteiger partial charge is 0.462 e. The maximum atomic E-state index is 12.3. The lowest BCUT2D eigenvalue weighted by Gasteiger charge is -2.24. The molecule has 1 aliphatic carbocycles. The summed E-state index contributed by atoms with van der Waals surface area (Å²) < 4.78 is 16.0. The first-order chi connectivity index (χ1) is 11.1. The van der Waals surface area contributed by atoms with Gasteiger partial charge in [-0.15, -0.1) is 0 Å². The van der Waals surface area contributed by atoms with Crippen LogP contribution >= 0.6 is 12.0 Å². The van der Waals surface area contributed by atoms with Gasteiger partial charge in [0.25, 0.3) is 0 Å². The molecule has 0 aromatic rings. The standard InChI is InChI=1S/C17H30O5S/c1-4-9-13(5-2)21-16(18)12-15(23-20-3)17(19)22-14-10-7-6-8-11-14/h13-15H,4-12H2,1-3H3. The molecular weight excluding hydrogens is 316 g/mol. The molecule has 6 heteroatoms. The molecule has 23 heavy (non-hydrogen) atoms. The summed E-state index contributed by atoms with van der Waals surface area (Å²) in [5.74, 6) is -0.732. The van der Waals surface area contributed by atoms with Crippen LogP contribution < -0.4 is 0 Å². The van der Waals surface area contributed by atoms with Gasteiger partial charge in [-0.1, -0.05) is 26.7 Å². The van der Waals surface area contributed by atoms with Gasteiger partial charge in [0.05, 0.1) is 13.5 Å². The Morgan fingerprint density at radius 2 is 1.87 bits per heavy atom. The Labute approximate surface area is 144 Å². The SMILES string of the molecule is CCCC(CC)OC(=O)CC(SOC)C(=O)OC1CCCCC1. The average molecular weight is 346 g/mol. The highest BCUT2D eigenvalue weighted by Gasteiger charge is 2.29. The van der Waals surface area contributed by atoms with Crippen LogP contribution in [0.4, 0.5) is 0 Å². The van der Waals surface area contributed by atoms with Gasteiger partial charge in [-0.3, -0.25) is 9.59 Å². The highest BCUT2D eigenvalue weighted by atomic mass is 32.2. The maximum Gasteiger partial charge on any atom is 0.322 e. The van der Waals surface area contributed by atoms with E-state index < -0.39 is 5.25 Å². The average Bonchev–Trinajstić information content (AvgIpc) is 2.55. The monoisotopic (exact) mass is 346 g/mol. The van der Waals surface area contributed by atoms with Crippen LogP contribution in [0.2, 0.25) is 0 Å². The predicted octanol–water partition coefficient (Wildman–Crippen LogP) is 4.04. The fourth-order valence-electron chi connectivity index (χ4n) is 2.75. The van der Waals surface area contributed by atoms with Crippen molar-refractivity contribution in [1.29, 1.82) is 0 Å². The lowest BCUT2D eigenvalue weighted by Crippen LogP contribution is -2.30. The van der Waals surface area contributed by atoms with Gasteiger partial charge >= 0.3 is 11.9 Å². The minimum atomic E-state index is -0.659. The summed E-state index contributed by atoms with van der Waals surface area (Å²) in [5.41, 5.74) is 0. The number of rotatable bonds is 10. The summed E-state index contributed by atoms with van der Waals surface area (Å²) in [4.78, 5) is 24.4. The number of ether oxygens (including phenoxy) is 2. The molecule has 0 amide bonds. The molecule has 1 saturated carbocycles. The molecule has 2 unspecified atom stereocenters. The third-order valence-electron chi connectivity index (χ3n) is 4.03. The second kappa shape index (κ2) is 11.7. The summed E-state index contributed by atoms with van der Waals surface area (Å²) in [6, 6.07) is 0. The van der Waals surface area contributed by atoms with Crippen molar-refractivity contribution in [2.24, 2.45) is 0 Å². The Bertz CT molecular complexity index is 355. The predicted molar refractivity (Wildman–Crippen MR) is 91.0 cm³/mol. The first-order valence-corrected chi connectivity index (χ1v) is 9.50. The van der Waals surface area contributed by atoms with E-state index in [-0.39, 0.29) is 30.6 Å². The summed E-state index contributed by atoms with van der Waals surface area (Å²) >= 11 is 0.974. The normalized spacial score (nSPS) is 18.2. The Hall–Kier alpha value is -0.750. The fraction of sp³-hybridized carbons (Fsp3) is 0.882. The van der Waals surface area contributed by atoms with Gasteiger partial charge in [0.1, 0.15) is 17.5 Å². The summed E-state index contributed by atoms with van der Waals surface area (Å²) in [6.45, 7) is 4.05. The van der Waals surface area contributed by atoms with E-state index in [9.17, 15) is 9.59 Å². The molecule has 0 saturated heterocycles. The van der Waals surface area contributed by atoms with E-state index in [1.807, 2.05) is 6.92 Å². The molecule has 1 aliphatic rings. The van der Waals surface area contributed by atoms with Gasteiger partial charge in [0.15, 0.2) is 0 Å². The zero-order valence-corrected chi connectivity index (χ0v) is 15.4. The summed E-state index contributed by atoms with van der Waals surface area (Å²) in [5, 5.41) is -0.659. The van der Waals surface area contributed by atoms with E-state index in [2.05, 4.69) is 6.92 Å². The van der Waals surface area contributed by atoms with E-state index in [0.717, 1.165) is 57.0 Å². The molecule has 2 atom stereocenters. The number of carbonyl (C=O) groups excluding carboxylic acids is 2. The highest BCUT2D eigenvalue weighted by Crippen LogP contribution is 2.24. The number of esters is 2. The Balaban J connectivity index is 2.48. The number of hydrogen-bond acceptors (Lipinski definition) is 6. The number of hydrogen-bond donors (Lipinski definition) is 0. The van der Waals surface area contributed by atoms with Crippen molar-refractivity contribution < 1.29 is 23.2 Å². The lowest BCUT2D eigenvalue weighted by molar-refractivity contribution is -0.156. The van der Waals surface area contributed by atoms with Gasteiger partial charge < -0.3 is 13.7 Å². The zero-order chi connectivity index (χ0) is 17.1. The zero-order valence-electron chi connectivity index (χ0n) is 14.5. The number of carbonyl (C=O) groups is 2. The molecule has 1 rings (SSSR count). The van der Waals surface area contributed by atoms with Crippen molar-refractivity contribution in [3.63, 3.8) is 0 Å². The molecule has 0 radical (unpaired) electrons. The summed E-state index contributed by atoms with van der Waals surface area (Å²) in [7, 11) is 1.49. The van der Waals surface area contributed by atoms with Crippen molar-refractivity contribution in [1.82, 2.24) is 0 Å². The Morgan fingerprint density at radius 1 is 1.17 bits per heavy atom. The Morgan fingerprint density at radius 3 is 2.43 bits per heavy atom. The van der Waals surface area contributed by atoms with Crippen molar-refractivity contribution in [3.8, 4) is 0 Å². The van der Waals surface area contributed by atoms with Crippen LogP contribution in [-0.2, 0) is 23.2 Å². The first kappa shape index (κ1) is 20.3. The fourth-order valence-corrected chi connectivity index (χ4v) is 3.32. The maximum absolute atomic E-state index is 12.3. The second-order valence-electron chi connectivity index (χ2n) is 5.96. The molecule has 5 nitrogen and oxygen atoms in total. The van der Waals surface area contributed by atoms with Crippen molar-refractivity contribution in [2.75, 3.05) is 7.11 Å². The second-order valence-corrected chi connectivity index (χ2v) is 7.06. The molecule has 134 valence electrons. The summed E-state index contributed by atoms with van der Waals surface area (Å²) in [6.07, 6.45) is 7.71. The minimum absolute atomic E-state index is 0.00965. The molecule has 0 aliphatic heterocycles. The molecule has 0 aromatic heterocycles. The van der Waals surface area contributed by atoms with Crippen molar-refractivity contribution in [2.45, 2.75) is 89.1 Å². The first-order valence-electron chi connectivity index (χ1n) is 8.70. The van der Waals surface area contributed by atoms with Crippen LogP contribution in [0.1, 0.15) is 71.6 Å². The van der Waals surface area contributed by atoms with E-state index >= 15 is 0 Å². The topological polar surface area (TPSA) is 61.8 Å². The molecule has 0 spiro atoms. The molecule has 0 heterocycles. The molecular formula is C17H30O5S. The third-order valence-corrected chi connectivity index (χ3v) is 4.81.